The Morgan fingerprint density at radius 3 is 2.81 bits per heavy atom. The summed E-state index contributed by atoms with van der Waals surface area (Å²) in [7, 11) is 0. The molecule has 1 aromatic rings. The number of halogens is 3. The van der Waals surface area contributed by atoms with E-state index in [1.54, 1.807) is 0 Å². The summed E-state index contributed by atoms with van der Waals surface area (Å²) >= 11 is 0. The smallest absolute Gasteiger partial charge is 0.416 e. The van der Waals surface area contributed by atoms with Crippen molar-refractivity contribution in [2.24, 2.45) is 0 Å². The zero-order chi connectivity index (χ0) is 15.5. The molecule has 0 fully saturated rings. The second kappa shape index (κ2) is 6.37. The third-order valence-electron chi connectivity index (χ3n) is 3.75. The van der Waals surface area contributed by atoms with Gasteiger partial charge in [0, 0.05) is 12.2 Å². The number of benzene rings is 1. The molecule has 3 nitrogen and oxygen atoms in total. The van der Waals surface area contributed by atoms with Gasteiger partial charge >= 0.3 is 6.18 Å². The molecule has 6 heteroatoms. The maximum Gasteiger partial charge on any atom is 0.416 e. The molecule has 1 atom stereocenters. The van der Waals surface area contributed by atoms with Gasteiger partial charge in [-0.1, -0.05) is 6.92 Å². The normalized spacial score (nSPS) is 16.3. The lowest BCUT2D eigenvalue weighted by Crippen LogP contribution is -2.37. The molecule has 0 aliphatic carbocycles. The van der Waals surface area contributed by atoms with Gasteiger partial charge in [-0.15, -0.1) is 0 Å². The number of hydrogen-bond donors (Lipinski definition) is 0. The predicted molar refractivity (Wildman–Crippen MR) is 73.2 cm³/mol. The highest BCUT2D eigenvalue weighted by molar-refractivity contribution is 5.57. The Hall–Kier alpha value is -1.72. The van der Waals surface area contributed by atoms with Crippen LogP contribution in [0.3, 0.4) is 0 Å². The fraction of sp³-hybridized carbons (Fsp3) is 0.533. The van der Waals surface area contributed by atoms with Crippen molar-refractivity contribution >= 4 is 12.2 Å². The Bertz CT molecular complexity index is 502. The minimum Gasteiger partial charge on any atom is -0.463 e. The topological polar surface area (TPSA) is 29.5 Å². The minimum absolute atomic E-state index is 0.240. The number of hydrogen-bond acceptors (Lipinski definition) is 3. The maximum atomic E-state index is 12.7. The lowest BCUT2D eigenvalue weighted by Gasteiger charge is -2.33. The van der Waals surface area contributed by atoms with Crippen molar-refractivity contribution in [2.45, 2.75) is 38.5 Å². The predicted octanol–water partition coefficient (Wildman–Crippen LogP) is 3.41. The van der Waals surface area contributed by atoms with E-state index in [-0.39, 0.29) is 6.10 Å². The number of nitrogens with zero attached hydrogens (tertiary/aromatic N) is 1. The third-order valence-corrected chi connectivity index (χ3v) is 3.75. The van der Waals surface area contributed by atoms with E-state index in [2.05, 4.69) is 0 Å². The summed E-state index contributed by atoms with van der Waals surface area (Å²) in [5.74, 6) is 0. The zero-order valence-corrected chi connectivity index (χ0v) is 11.8. The molecule has 0 aromatic heterocycles. The van der Waals surface area contributed by atoms with Gasteiger partial charge in [0.05, 0.1) is 12.1 Å². The largest absolute Gasteiger partial charge is 0.463 e. The molecular formula is C15H18F3NO2. The Balaban J connectivity index is 2.21. The third kappa shape index (κ3) is 3.68. The first-order chi connectivity index (χ1) is 9.95. The van der Waals surface area contributed by atoms with E-state index in [0.717, 1.165) is 24.7 Å². The van der Waals surface area contributed by atoms with Crippen LogP contribution in [-0.2, 0) is 22.1 Å². The van der Waals surface area contributed by atoms with Gasteiger partial charge in [0.2, 0.25) is 0 Å². The van der Waals surface area contributed by atoms with Crippen LogP contribution >= 0.6 is 0 Å². The molecule has 0 saturated carbocycles. The van der Waals surface area contributed by atoms with Gasteiger partial charge in [-0.2, -0.15) is 13.2 Å². The molecule has 0 bridgehead atoms. The number of fused-ring (bicyclic) bond motifs is 1. The first-order valence-corrected chi connectivity index (χ1v) is 7.00. The standard InChI is InChI=1S/C15H18F3NO2/c1-2-13(21-10-20)9-19-7-3-4-11-8-12(15(16,17)18)5-6-14(11)19/h5-6,8,10,13H,2-4,7,9H2,1H3. The molecule has 1 aromatic carbocycles. The van der Waals surface area contributed by atoms with Crippen molar-refractivity contribution in [3.8, 4) is 0 Å². The average molecular weight is 301 g/mol. The molecule has 0 N–H and O–H groups in total. The van der Waals surface area contributed by atoms with E-state index in [9.17, 15) is 18.0 Å². The summed E-state index contributed by atoms with van der Waals surface area (Å²) in [5.41, 5.74) is 0.901. The van der Waals surface area contributed by atoms with Crippen LogP contribution in [0.25, 0.3) is 0 Å². The molecule has 116 valence electrons. The molecule has 0 saturated heterocycles. The lowest BCUT2D eigenvalue weighted by molar-refractivity contribution is -0.137. The van der Waals surface area contributed by atoms with Crippen molar-refractivity contribution in [1.82, 2.24) is 0 Å². The molecule has 1 heterocycles. The Morgan fingerprint density at radius 1 is 1.43 bits per heavy atom. The fourth-order valence-electron chi connectivity index (χ4n) is 2.63. The molecule has 1 unspecified atom stereocenters. The monoisotopic (exact) mass is 301 g/mol. The van der Waals surface area contributed by atoms with Crippen LogP contribution in [0.1, 0.15) is 30.9 Å². The summed E-state index contributed by atoms with van der Waals surface area (Å²) < 4.78 is 43.2. The van der Waals surface area contributed by atoms with Crippen LogP contribution in [0.2, 0.25) is 0 Å². The van der Waals surface area contributed by atoms with E-state index in [1.165, 1.54) is 12.1 Å². The van der Waals surface area contributed by atoms with Gasteiger partial charge in [-0.05, 0) is 43.0 Å². The first kappa shape index (κ1) is 15.7. The maximum absolute atomic E-state index is 12.7. The highest BCUT2D eigenvalue weighted by Crippen LogP contribution is 2.35. The van der Waals surface area contributed by atoms with Crippen LogP contribution in [0.5, 0.6) is 0 Å². The number of alkyl halides is 3. The Labute approximate surface area is 121 Å². The summed E-state index contributed by atoms with van der Waals surface area (Å²) in [4.78, 5) is 12.4. The Morgan fingerprint density at radius 2 is 2.19 bits per heavy atom. The summed E-state index contributed by atoms with van der Waals surface area (Å²) in [6.07, 6.45) is -2.45. The van der Waals surface area contributed by atoms with Gasteiger partial charge in [0.1, 0.15) is 6.10 Å². The molecule has 0 spiro atoms. The Kier molecular flexibility index (Phi) is 4.75. The molecule has 2 rings (SSSR count). The van der Waals surface area contributed by atoms with E-state index >= 15 is 0 Å². The van der Waals surface area contributed by atoms with Crippen LogP contribution < -0.4 is 4.90 Å². The van der Waals surface area contributed by atoms with E-state index < -0.39 is 11.7 Å². The molecule has 0 amide bonds. The van der Waals surface area contributed by atoms with E-state index in [0.29, 0.717) is 31.4 Å². The fourth-order valence-corrected chi connectivity index (χ4v) is 2.63. The first-order valence-electron chi connectivity index (χ1n) is 7.00. The van der Waals surface area contributed by atoms with Gasteiger partial charge in [-0.3, -0.25) is 4.79 Å². The van der Waals surface area contributed by atoms with Gasteiger partial charge in [-0.25, -0.2) is 0 Å². The van der Waals surface area contributed by atoms with Crippen molar-refractivity contribution in [3.05, 3.63) is 29.3 Å². The highest BCUT2D eigenvalue weighted by atomic mass is 19.4. The van der Waals surface area contributed by atoms with Crippen LogP contribution in [0.4, 0.5) is 18.9 Å². The SMILES string of the molecule is CCC(CN1CCCc2cc(C(F)(F)F)ccc21)OC=O. The zero-order valence-electron chi connectivity index (χ0n) is 11.8. The lowest BCUT2D eigenvalue weighted by atomic mass is 9.98. The number of anilines is 1. The summed E-state index contributed by atoms with van der Waals surface area (Å²) in [6, 6.07) is 3.85. The quantitative estimate of drug-likeness (QED) is 0.781. The van der Waals surface area contributed by atoms with Gasteiger partial charge in [0.15, 0.2) is 0 Å². The summed E-state index contributed by atoms with van der Waals surface area (Å²) in [5, 5.41) is 0. The van der Waals surface area contributed by atoms with Gasteiger partial charge < -0.3 is 9.64 Å². The van der Waals surface area contributed by atoms with Crippen molar-refractivity contribution in [3.63, 3.8) is 0 Å². The summed E-state index contributed by atoms with van der Waals surface area (Å²) in [6.45, 7) is 3.60. The van der Waals surface area contributed by atoms with Gasteiger partial charge in [0.25, 0.3) is 6.47 Å². The van der Waals surface area contributed by atoms with Crippen molar-refractivity contribution < 1.29 is 22.7 Å². The molecular weight excluding hydrogens is 283 g/mol. The van der Waals surface area contributed by atoms with Crippen LogP contribution in [0, 0.1) is 0 Å². The number of rotatable bonds is 5. The number of aryl methyl sites for hydroxylation is 1. The minimum atomic E-state index is -4.32. The molecule has 0 radical (unpaired) electrons. The number of carbonyl (C=O) groups excluding carboxylic acids is 1. The highest BCUT2D eigenvalue weighted by Gasteiger charge is 2.32. The second-order valence-corrected chi connectivity index (χ2v) is 5.15. The van der Waals surface area contributed by atoms with Crippen molar-refractivity contribution in [1.29, 1.82) is 0 Å². The molecule has 1 aliphatic rings. The average Bonchev–Trinajstić information content (AvgIpc) is 2.45. The van der Waals surface area contributed by atoms with Crippen molar-refractivity contribution in [2.75, 3.05) is 18.0 Å². The molecule has 21 heavy (non-hydrogen) atoms. The van der Waals surface area contributed by atoms with E-state index in [4.69, 9.17) is 4.74 Å². The number of ether oxygens (including phenoxy) is 1. The molecule has 1 aliphatic heterocycles. The second-order valence-electron chi connectivity index (χ2n) is 5.15. The van der Waals surface area contributed by atoms with E-state index in [1.807, 2.05) is 11.8 Å². The van der Waals surface area contributed by atoms with Crippen LogP contribution in [-0.4, -0.2) is 25.7 Å². The van der Waals surface area contributed by atoms with Crippen LogP contribution in [0.15, 0.2) is 18.2 Å². The number of carbonyl (C=O) groups is 1.